The summed E-state index contributed by atoms with van der Waals surface area (Å²) < 4.78 is 24.3. The van der Waals surface area contributed by atoms with E-state index in [2.05, 4.69) is 17.1 Å². The first-order chi connectivity index (χ1) is 9.38. The number of piperazine rings is 2. The average Bonchev–Trinajstić information content (AvgIpc) is 2.40. The first-order valence-electron chi connectivity index (χ1n) is 7.05. The summed E-state index contributed by atoms with van der Waals surface area (Å²) in [5.41, 5.74) is 0. The lowest BCUT2D eigenvalue weighted by Gasteiger charge is -2.37. The van der Waals surface area contributed by atoms with Gasteiger partial charge in [-0.2, -0.15) is 4.31 Å². The molecule has 0 unspecified atom stereocenters. The number of hydrogen-bond donors (Lipinski definition) is 1. The molecule has 2 aliphatic rings. The van der Waals surface area contributed by atoms with E-state index in [4.69, 9.17) is 0 Å². The van der Waals surface area contributed by atoms with Crippen LogP contribution in [-0.2, 0) is 14.8 Å². The zero-order valence-electron chi connectivity index (χ0n) is 12.2. The van der Waals surface area contributed by atoms with Gasteiger partial charge in [-0.1, -0.05) is 0 Å². The van der Waals surface area contributed by atoms with Crippen LogP contribution in [0, 0.1) is 0 Å². The van der Waals surface area contributed by atoms with Gasteiger partial charge in [0.15, 0.2) is 0 Å². The van der Waals surface area contributed by atoms with Crippen LogP contribution in [0.25, 0.3) is 0 Å². The molecule has 0 bridgehead atoms. The van der Waals surface area contributed by atoms with Crippen molar-refractivity contribution < 1.29 is 13.2 Å². The second kappa shape index (κ2) is 6.38. The lowest BCUT2D eigenvalue weighted by Crippen LogP contribution is -2.56. The van der Waals surface area contributed by atoms with Crippen molar-refractivity contribution in [3.05, 3.63) is 0 Å². The molecule has 2 aliphatic heterocycles. The zero-order chi connectivity index (χ0) is 14.8. The molecule has 2 saturated heterocycles. The zero-order valence-corrected chi connectivity index (χ0v) is 13.0. The third kappa shape index (κ3) is 3.91. The Labute approximate surface area is 120 Å². The summed E-state index contributed by atoms with van der Waals surface area (Å²) >= 11 is 0. The Hall–Kier alpha value is -0.700. The van der Waals surface area contributed by atoms with Crippen LogP contribution in [0.3, 0.4) is 0 Å². The maximum absolute atomic E-state index is 12.3. The van der Waals surface area contributed by atoms with Crippen molar-refractivity contribution in [1.29, 1.82) is 0 Å². The molecule has 0 saturated carbocycles. The minimum atomic E-state index is -3.13. The van der Waals surface area contributed by atoms with Gasteiger partial charge in [0.2, 0.25) is 15.9 Å². The van der Waals surface area contributed by atoms with E-state index in [-0.39, 0.29) is 5.91 Å². The van der Waals surface area contributed by atoms with Crippen molar-refractivity contribution in [2.75, 3.05) is 58.6 Å². The fraction of sp³-hybridized carbons (Fsp3) is 0.917. The molecule has 1 N–H and O–H groups in total. The minimum Gasteiger partial charge on any atom is -0.339 e. The van der Waals surface area contributed by atoms with Gasteiger partial charge in [-0.3, -0.25) is 9.69 Å². The lowest BCUT2D eigenvalue weighted by molar-refractivity contribution is -0.134. The normalized spacial score (nSPS) is 26.7. The van der Waals surface area contributed by atoms with Crippen molar-refractivity contribution in [2.45, 2.75) is 13.0 Å². The Morgan fingerprint density at radius 2 is 1.85 bits per heavy atom. The summed E-state index contributed by atoms with van der Waals surface area (Å²) in [7, 11) is -3.13. The van der Waals surface area contributed by atoms with Crippen molar-refractivity contribution in [2.24, 2.45) is 0 Å². The van der Waals surface area contributed by atoms with E-state index < -0.39 is 10.0 Å². The third-order valence-electron chi connectivity index (χ3n) is 4.04. The Morgan fingerprint density at radius 3 is 2.40 bits per heavy atom. The number of amides is 1. The van der Waals surface area contributed by atoms with Gasteiger partial charge in [0.1, 0.15) is 0 Å². The van der Waals surface area contributed by atoms with E-state index in [0.29, 0.717) is 38.8 Å². The summed E-state index contributed by atoms with van der Waals surface area (Å²) in [5, 5.41) is 3.30. The first kappa shape index (κ1) is 15.7. The highest BCUT2D eigenvalue weighted by molar-refractivity contribution is 7.88. The monoisotopic (exact) mass is 304 g/mol. The van der Waals surface area contributed by atoms with Crippen LogP contribution in [0.4, 0.5) is 0 Å². The molecule has 0 aliphatic carbocycles. The summed E-state index contributed by atoms with van der Waals surface area (Å²) in [6.07, 6.45) is 1.22. The lowest BCUT2D eigenvalue weighted by atomic mass is 10.2. The number of hydrogen-bond acceptors (Lipinski definition) is 5. The molecule has 2 rings (SSSR count). The van der Waals surface area contributed by atoms with E-state index in [1.54, 1.807) is 4.90 Å². The van der Waals surface area contributed by atoms with Gasteiger partial charge in [0, 0.05) is 51.9 Å². The number of carbonyl (C=O) groups excluding carboxylic acids is 1. The van der Waals surface area contributed by atoms with Gasteiger partial charge in [0.25, 0.3) is 0 Å². The molecule has 1 atom stereocenters. The molecule has 1 amide bonds. The Bertz CT molecular complexity index is 446. The number of sulfonamides is 1. The van der Waals surface area contributed by atoms with Crippen LogP contribution in [0.5, 0.6) is 0 Å². The van der Waals surface area contributed by atoms with Gasteiger partial charge in [-0.05, 0) is 6.92 Å². The second-order valence-corrected chi connectivity index (χ2v) is 7.55. The molecule has 0 aromatic rings. The van der Waals surface area contributed by atoms with E-state index in [0.717, 1.165) is 19.6 Å². The van der Waals surface area contributed by atoms with Gasteiger partial charge >= 0.3 is 0 Å². The highest BCUT2D eigenvalue weighted by atomic mass is 32.2. The van der Waals surface area contributed by atoms with Crippen molar-refractivity contribution >= 4 is 15.9 Å². The topological polar surface area (TPSA) is 73.0 Å². The van der Waals surface area contributed by atoms with Crippen LogP contribution in [0.1, 0.15) is 6.92 Å². The maximum atomic E-state index is 12.3. The molecule has 7 nitrogen and oxygen atoms in total. The fourth-order valence-corrected chi connectivity index (χ4v) is 3.49. The van der Waals surface area contributed by atoms with Gasteiger partial charge in [0.05, 0.1) is 12.8 Å². The smallest absolute Gasteiger partial charge is 0.236 e. The van der Waals surface area contributed by atoms with E-state index in [1.165, 1.54) is 10.6 Å². The largest absolute Gasteiger partial charge is 0.339 e. The second-order valence-electron chi connectivity index (χ2n) is 5.57. The standard InChI is InChI=1S/C12H24N4O3S/c1-11-9-13-3-4-15(11)10-12(17)14-5-7-16(8-6-14)20(2,18)19/h11,13H,3-10H2,1-2H3/t11-/m1/s1. The molecule has 0 aromatic heterocycles. The number of carbonyl (C=O) groups is 1. The maximum Gasteiger partial charge on any atom is 0.236 e. The highest BCUT2D eigenvalue weighted by Crippen LogP contribution is 2.08. The van der Waals surface area contributed by atoms with Gasteiger partial charge < -0.3 is 10.2 Å². The molecule has 0 aromatic carbocycles. The van der Waals surface area contributed by atoms with Crippen molar-refractivity contribution in [1.82, 2.24) is 19.4 Å². The quantitative estimate of drug-likeness (QED) is 0.679. The Morgan fingerprint density at radius 1 is 1.20 bits per heavy atom. The molecule has 2 fully saturated rings. The number of nitrogens with zero attached hydrogens (tertiary/aromatic N) is 3. The number of rotatable bonds is 3. The molecule has 8 heteroatoms. The van der Waals surface area contributed by atoms with Crippen LogP contribution in [0.15, 0.2) is 0 Å². The van der Waals surface area contributed by atoms with E-state index in [9.17, 15) is 13.2 Å². The predicted octanol–water partition coefficient (Wildman–Crippen LogP) is -1.62. The average molecular weight is 304 g/mol. The summed E-state index contributed by atoms with van der Waals surface area (Å²) in [6.45, 7) is 7.05. The van der Waals surface area contributed by atoms with Gasteiger partial charge in [-0.25, -0.2) is 8.42 Å². The molecule has 2 heterocycles. The van der Waals surface area contributed by atoms with Crippen LogP contribution in [0.2, 0.25) is 0 Å². The molecule has 0 spiro atoms. The predicted molar refractivity (Wildman–Crippen MR) is 76.9 cm³/mol. The summed E-state index contributed by atoms with van der Waals surface area (Å²) in [5.74, 6) is 0.104. The molecular weight excluding hydrogens is 280 g/mol. The van der Waals surface area contributed by atoms with Crippen LogP contribution >= 0.6 is 0 Å². The van der Waals surface area contributed by atoms with Crippen LogP contribution < -0.4 is 5.32 Å². The third-order valence-corrected chi connectivity index (χ3v) is 5.34. The fourth-order valence-electron chi connectivity index (χ4n) is 2.66. The summed E-state index contributed by atoms with van der Waals surface area (Å²) in [4.78, 5) is 16.2. The van der Waals surface area contributed by atoms with Crippen molar-refractivity contribution in [3.63, 3.8) is 0 Å². The molecule has 20 heavy (non-hydrogen) atoms. The minimum absolute atomic E-state index is 0.104. The molecule has 0 radical (unpaired) electrons. The van der Waals surface area contributed by atoms with E-state index >= 15 is 0 Å². The Balaban J connectivity index is 1.83. The summed E-state index contributed by atoms with van der Waals surface area (Å²) in [6, 6.07) is 0.366. The Kier molecular flexibility index (Phi) is 5.00. The highest BCUT2D eigenvalue weighted by Gasteiger charge is 2.28. The van der Waals surface area contributed by atoms with E-state index in [1.807, 2.05) is 0 Å². The SMILES string of the molecule is C[C@@H]1CNCCN1CC(=O)N1CCN(S(C)(=O)=O)CC1. The molecule has 116 valence electrons. The first-order valence-corrected chi connectivity index (χ1v) is 8.90. The molecular formula is C12H24N4O3S. The number of nitrogens with one attached hydrogen (secondary N) is 1. The van der Waals surface area contributed by atoms with Gasteiger partial charge in [-0.15, -0.1) is 0 Å². The van der Waals surface area contributed by atoms with Crippen LogP contribution in [-0.4, -0.2) is 93.1 Å². The van der Waals surface area contributed by atoms with Crippen molar-refractivity contribution in [3.8, 4) is 0 Å².